The summed E-state index contributed by atoms with van der Waals surface area (Å²) in [5.41, 5.74) is 7.18. The van der Waals surface area contributed by atoms with Crippen molar-refractivity contribution in [1.29, 1.82) is 0 Å². The molecule has 2 rings (SSSR count). The number of rotatable bonds is 6. The lowest BCUT2D eigenvalue weighted by atomic mass is 10.3. The monoisotopic (exact) mass is 356 g/mol. The molecule has 0 spiro atoms. The molecule has 2 heterocycles. The maximum absolute atomic E-state index is 11.8. The Balaban J connectivity index is 1.99. The lowest BCUT2D eigenvalue weighted by Gasteiger charge is -2.07. The van der Waals surface area contributed by atoms with Crippen LogP contribution >= 0.6 is 15.9 Å². The van der Waals surface area contributed by atoms with E-state index in [4.69, 9.17) is 10.5 Å². The van der Waals surface area contributed by atoms with Gasteiger partial charge in [0.1, 0.15) is 19.5 Å². The van der Waals surface area contributed by atoms with Crippen molar-refractivity contribution in [3.8, 4) is 0 Å². The Labute approximate surface area is 130 Å². The minimum absolute atomic E-state index is 0.0251. The second-order valence-corrected chi connectivity index (χ2v) is 5.13. The molecule has 0 saturated heterocycles. The quantitative estimate of drug-likeness (QED) is 0.779. The molecule has 0 bridgehead atoms. The van der Waals surface area contributed by atoms with E-state index in [1.165, 1.54) is 11.0 Å². The van der Waals surface area contributed by atoms with Crippen molar-refractivity contribution >= 4 is 27.8 Å². The van der Waals surface area contributed by atoms with Crippen molar-refractivity contribution in [2.24, 2.45) is 0 Å². The fraction of sp³-hybridized carbons (Fsp3) is 0.500. The summed E-state index contributed by atoms with van der Waals surface area (Å²) < 4.78 is 9.31. The maximum atomic E-state index is 11.8. The van der Waals surface area contributed by atoms with E-state index in [0.717, 1.165) is 22.3 Å². The largest absolute Gasteiger partial charge is 0.458 e. The van der Waals surface area contributed by atoms with Crippen molar-refractivity contribution < 1.29 is 9.53 Å². The van der Waals surface area contributed by atoms with Gasteiger partial charge in [0.2, 0.25) is 5.95 Å². The molecule has 114 valence electrons. The van der Waals surface area contributed by atoms with Gasteiger partial charge in [0.15, 0.2) is 0 Å². The number of nitrogens with two attached hydrogens (primary N) is 1. The lowest BCUT2D eigenvalue weighted by Crippen LogP contribution is -2.15. The van der Waals surface area contributed by atoms with Crippen molar-refractivity contribution in [3.05, 3.63) is 22.2 Å². The van der Waals surface area contributed by atoms with E-state index in [9.17, 15) is 4.79 Å². The average Bonchev–Trinajstić information content (AvgIpc) is 3.00. The highest BCUT2D eigenvalue weighted by Gasteiger charge is 2.16. The molecule has 0 radical (unpaired) electrons. The number of aryl methyl sites for hydroxylation is 2. The number of esters is 1. The van der Waals surface area contributed by atoms with Gasteiger partial charge in [0.05, 0.1) is 15.9 Å². The summed E-state index contributed by atoms with van der Waals surface area (Å²) in [5.74, 6) is -0.282. The third kappa shape index (κ3) is 3.60. The van der Waals surface area contributed by atoms with Gasteiger partial charge >= 0.3 is 5.97 Å². The molecule has 2 N–H and O–H groups in total. The Morgan fingerprint density at radius 2 is 2.19 bits per heavy atom. The third-order valence-electron chi connectivity index (χ3n) is 2.91. The number of anilines is 1. The zero-order valence-corrected chi connectivity index (χ0v) is 13.5. The molecule has 0 atom stereocenters. The van der Waals surface area contributed by atoms with Crippen LogP contribution in [0, 0.1) is 0 Å². The zero-order valence-electron chi connectivity index (χ0n) is 11.9. The molecule has 0 unspecified atom stereocenters. The number of carbonyl (C=O) groups is 1. The number of hydrogen-bond acceptors (Lipinski definition) is 6. The summed E-state index contributed by atoms with van der Waals surface area (Å²) in [5, 5.41) is 8.28. The van der Waals surface area contributed by atoms with Gasteiger partial charge < -0.3 is 10.5 Å². The standard InChI is InChI=1S/C12H17BrN6O2/c1-3-8-11(13)9(19(4-2)16-8)6-21-10(20)5-18-7-15-12(14)17-18/h7H,3-6H2,1-2H3,(H2,14,17). The molecular formula is C12H17BrN6O2. The third-order valence-corrected chi connectivity index (χ3v) is 3.82. The first-order chi connectivity index (χ1) is 10.0. The minimum Gasteiger partial charge on any atom is -0.458 e. The van der Waals surface area contributed by atoms with E-state index in [-0.39, 0.29) is 19.1 Å². The van der Waals surface area contributed by atoms with Gasteiger partial charge in [-0.25, -0.2) is 9.67 Å². The Morgan fingerprint density at radius 3 is 2.76 bits per heavy atom. The summed E-state index contributed by atoms with van der Waals surface area (Å²) in [4.78, 5) is 15.5. The number of halogens is 1. The van der Waals surface area contributed by atoms with Gasteiger partial charge in [0, 0.05) is 6.54 Å². The molecule has 2 aromatic rings. The highest BCUT2D eigenvalue weighted by molar-refractivity contribution is 9.10. The Kier molecular flexibility index (Phi) is 4.94. The fourth-order valence-corrected chi connectivity index (χ4v) is 2.55. The smallest absolute Gasteiger partial charge is 0.328 e. The molecule has 0 aliphatic rings. The molecule has 0 aromatic carbocycles. The van der Waals surface area contributed by atoms with Gasteiger partial charge in [-0.2, -0.15) is 5.10 Å². The second-order valence-electron chi connectivity index (χ2n) is 4.34. The molecular weight excluding hydrogens is 340 g/mol. The summed E-state index contributed by atoms with van der Waals surface area (Å²) in [7, 11) is 0. The van der Waals surface area contributed by atoms with Crippen LogP contribution in [0.4, 0.5) is 5.95 Å². The van der Waals surface area contributed by atoms with Crippen LogP contribution in [0.5, 0.6) is 0 Å². The van der Waals surface area contributed by atoms with Crippen LogP contribution in [0.3, 0.4) is 0 Å². The normalized spacial score (nSPS) is 10.8. The first-order valence-corrected chi connectivity index (χ1v) is 7.39. The number of carbonyl (C=O) groups excluding carboxylic acids is 1. The number of ether oxygens (including phenoxy) is 1. The summed E-state index contributed by atoms with van der Waals surface area (Å²) >= 11 is 3.50. The van der Waals surface area contributed by atoms with Crippen LogP contribution in [0.15, 0.2) is 10.8 Å². The van der Waals surface area contributed by atoms with Crippen molar-refractivity contribution in [2.75, 3.05) is 5.73 Å². The van der Waals surface area contributed by atoms with Gasteiger partial charge in [-0.1, -0.05) is 6.92 Å². The van der Waals surface area contributed by atoms with Crippen LogP contribution < -0.4 is 5.73 Å². The first-order valence-electron chi connectivity index (χ1n) is 6.59. The molecule has 0 aliphatic carbocycles. The predicted molar refractivity (Wildman–Crippen MR) is 79.2 cm³/mol. The SMILES string of the molecule is CCc1nn(CC)c(COC(=O)Cn2cnc(N)n2)c1Br. The fourth-order valence-electron chi connectivity index (χ4n) is 1.87. The van der Waals surface area contributed by atoms with Crippen LogP contribution in [0.25, 0.3) is 0 Å². The molecule has 0 fully saturated rings. The number of hydrogen-bond donors (Lipinski definition) is 1. The van der Waals surface area contributed by atoms with Crippen molar-refractivity contribution in [2.45, 2.75) is 40.0 Å². The second kappa shape index (κ2) is 6.70. The Hall–Kier alpha value is -1.90. The topological polar surface area (TPSA) is 101 Å². The first kappa shape index (κ1) is 15.5. The predicted octanol–water partition coefficient (Wildman–Crippen LogP) is 1.15. The van der Waals surface area contributed by atoms with E-state index in [0.29, 0.717) is 6.54 Å². The molecule has 0 saturated carbocycles. The van der Waals surface area contributed by atoms with E-state index in [1.54, 1.807) is 0 Å². The molecule has 0 amide bonds. The zero-order chi connectivity index (χ0) is 15.4. The van der Waals surface area contributed by atoms with Crippen LogP contribution in [0.2, 0.25) is 0 Å². The summed E-state index contributed by atoms with van der Waals surface area (Å²) in [6, 6.07) is 0. The van der Waals surface area contributed by atoms with Gasteiger partial charge in [-0.15, -0.1) is 5.10 Å². The maximum Gasteiger partial charge on any atom is 0.328 e. The van der Waals surface area contributed by atoms with Crippen LogP contribution in [-0.2, 0) is 35.6 Å². The van der Waals surface area contributed by atoms with E-state index >= 15 is 0 Å². The molecule has 8 nitrogen and oxygen atoms in total. The summed E-state index contributed by atoms with van der Waals surface area (Å²) in [6.07, 6.45) is 2.20. The molecule has 0 aliphatic heterocycles. The highest BCUT2D eigenvalue weighted by Crippen LogP contribution is 2.23. The molecule has 9 heteroatoms. The van der Waals surface area contributed by atoms with Crippen molar-refractivity contribution in [3.63, 3.8) is 0 Å². The summed E-state index contributed by atoms with van der Waals surface area (Å²) in [6.45, 7) is 4.86. The van der Waals surface area contributed by atoms with Crippen LogP contribution in [0.1, 0.15) is 25.2 Å². The van der Waals surface area contributed by atoms with E-state index in [2.05, 4.69) is 31.1 Å². The Morgan fingerprint density at radius 1 is 1.43 bits per heavy atom. The highest BCUT2D eigenvalue weighted by atomic mass is 79.9. The number of nitrogen functional groups attached to an aromatic ring is 1. The van der Waals surface area contributed by atoms with Gasteiger partial charge in [0.25, 0.3) is 0 Å². The van der Waals surface area contributed by atoms with Gasteiger partial charge in [-0.05, 0) is 29.3 Å². The van der Waals surface area contributed by atoms with E-state index in [1.807, 2.05) is 18.5 Å². The number of nitrogens with zero attached hydrogens (tertiary/aromatic N) is 5. The molecule has 2 aromatic heterocycles. The van der Waals surface area contributed by atoms with Crippen LogP contribution in [-0.4, -0.2) is 30.5 Å². The van der Waals surface area contributed by atoms with Gasteiger partial charge in [-0.3, -0.25) is 9.48 Å². The van der Waals surface area contributed by atoms with Crippen molar-refractivity contribution in [1.82, 2.24) is 24.5 Å². The van der Waals surface area contributed by atoms with E-state index < -0.39 is 5.97 Å². The molecule has 21 heavy (non-hydrogen) atoms. The average molecular weight is 357 g/mol. The lowest BCUT2D eigenvalue weighted by molar-refractivity contribution is -0.146. The Bertz CT molecular complexity index is 636. The number of aromatic nitrogens is 5. The minimum atomic E-state index is -0.409.